The summed E-state index contributed by atoms with van der Waals surface area (Å²) in [5.41, 5.74) is -0.295. The number of carbonyl (C=O) groups excluding carboxylic acids is 1. The number of amides is 1. The third-order valence-electron chi connectivity index (χ3n) is 3.89. The highest BCUT2D eigenvalue weighted by molar-refractivity contribution is 5.96. The number of rotatable bonds is 3. The standard InChI is InChI=1S/C17H14FN3O4/c1-11(22)20-17(2,13-5-9-15(10-6-13)21(23)24)25-16(19-20)12-3-7-14(18)8-4-12/h3-10H,1-2H3/t17-/m0/s1. The molecule has 0 N–H and O–H groups in total. The van der Waals surface area contributed by atoms with Gasteiger partial charge in [0.25, 0.3) is 5.69 Å². The highest BCUT2D eigenvalue weighted by Crippen LogP contribution is 2.37. The van der Waals surface area contributed by atoms with Gasteiger partial charge in [-0.25, -0.2) is 4.39 Å². The quantitative estimate of drug-likeness (QED) is 0.633. The summed E-state index contributed by atoms with van der Waals surface area (Å²) in [6.45, 7) is 2.97. The van der Waals surface area contributed by atoms with Gasteiger partial charge in [0, 0.05) is 37.1 Å². The van der Waals surface area contributed by atoms with Crippen LogP contribution in [0.25, 0.3) is 0 Å². The van der Waals surface area contributed by atoms with Gasteiger partial charge in [-0.05, 0) is 36.4 Å². The second-order valence-corrected chi connectivity index (χ2v) is 5.63. The van der Waals surface area contributed by atoms with E-state index in [2.05, 4.69) is 5.10 Å². The second kappa shape index (κ2) is 5.97. The summed E-state index contributed by atoms with van der Waals surface area (Å²) in [4.78, 5) is 22.3. The number of halogens is 1. The monoisotopic (exact) mass is 343 g/mol. The van der Waals surface area contributed by atoms with Crippen LogP contribution in [-0.4, -0.2) is 21.7 Å². The van der Waals surface area contributed by atoms with Crippen LogP contribution in [0.1, 0.15) is 25.0 Å². The van der Waals surface area contributed by atoms with Crippen LogP contribution in [0, 0.1) is 15.9 Å². The molecule has 0 spiro atoms. The zero-order valence-electron chi connectivity index (χ0n) is 13.5. The summed E-state index contributed by atoms with van der Waals surface area (Å²) in [5, 5.41) is 16.2. The van der Waals surface area contributed by atoms with E-state index in [1.807, 2.05) is 0 Å². The smallest absolute Gasteiger partial charge is 0.269 e. The van der Waals surface area contributed by atoms with Crippen LogP contribution >= 0.6 is 0 Å². The zero-order valence-corrected chi connectivity index (χ0v) is 13.5. The Bertz CT molecular complexity index is 864. The third kappa shape index (κ3) is 2.93. The number of nitro groups is 1. The Morgan fingerprint density at radius 1 is 1.20 bits per heavy atom. The van der Waals surface area contributed by atoms with Crippen LogP contribution in [0.2, 0.25) is 0 Å². The first-order valence-electron chi connectivity index (χ1n) is 7.40. The van der Waals surface area contributed by atoms with E-state index in [0.717, 1.165) is 5.01 Å². The average Bonchev–Trinajstić information content (AvgIpc) is 2.95. The molecular formula is C17H14FN3O4. The Balaban J connectivity index is 1.99. The van der Waals surface area contributed by atoms with E-state index in [0.29, 0.717) is 11.1 Å². The number of ether oxygens (including phenoxy) is 1. The van der Waals surface area contributed by atoms with E-state index in [1.165, 1.54) is 55.5 Å². The Hall–Kier alpha value is -3.29. The van der Waals surface area contributed by atoms with Gasteiger partial charge in [0.1, 0.15) is 5.82 Å². The van der Waals surface area contributed by atoms with Gasteiger partial charge in [0.2, 0.25) is 17.5 Å². The molecule has 1 atom stereocenters. The number of benzene rings is 2. The minimum absolute atomic E-state index is 0.0700. The summed E-state index contributed by atoms with van der Waals surface area (Å²) in [5.74, 6) is -0.599. The van der Waals surface area contributed by atoms with E-state index in [9.17, 15) is 19.3 Å². The lowest BCUT2D eigenvalue weighted by molar-refractivity contribution is -0.384. The first-order chi connectivity index (χ1) is 11.8. The summed E-state index contributed by atoms with van der Waals surface area (Å²) in [6, 6.07) is 11.2. The topological polar surface area (TPSA) is 85.0 Å². The van der Waals surface area contributed by atoms with Crippen molar-refractivity contribution >= 4 is 17.5 Å². The summed E-state index contributed by atoms with van der Waals surface area (Å²) in [7, 11) is 0. The molecule has 3 rings (SSSR count). The van der Waals surface area contributed by atoms with E-state index >= 15 is 0 Å². The maximum atomic E-state index is 13.1. The van der Waals surface area contributed by atoms with Gasteiger partial charge in [0.15, 0.2) is 0 Å². The molecule has 0 fully saturated rings. The van der Waals surface area contributed by atoms with Gasteiger partial charge in [0.05, 0.1) is 4.92 Å². The maximum Gasteiger partial charge on any atom is 0.269 e. The SMILES string of the molecule is CC(=O)N1N=C(c2ccc(F)cc2)O[C@@]1(C)c1ccc([N+](=O)[O-])cc1. The van der Waals surface area contributed by atoms with Crippen molar-refractivity contribution in [2.75, 3.05) is 0 Å². The molecule has 0 aromatic heterocycles. The summed E-state index contributed by atoms with van der Waals surface area (Å²) < 4.78 is 19.0. The van der Waals surface area contributed by atoms with Crippen molar-refractivity contribution in [1.29, 1.82) is 0 Å². The van der Waals surface area contributed by atoms with Crippen LogP contribution < -0.4 is 0 Å². The normalized spacial score (nSPS) is 19.3. The number of nitro benzene ring substituents is 1. The van der Waals surface area contributed by atoms with Crippen molar-refractivity contribution in [3.63, 3.8) is 0 Å². The number of nitrogens with zero attached hydrogens (tertiary/aromatic N) is 3. The molecule has 7 nitrogen and oxygen atoms in total. The fraction of sp³-hybridized carbons (Fsp3) is 0.176. The molecule has 1 aliphatic rings. The predicted molar refractivity (Wildman–Crippen MR) is 87.0 cm³/mol. The molecule has 0 radical (unpaired) electrons. The summed E-state index contributed by atoms with van der Waals surface area (Å²) in [6.07, 6.45) is 0. The average molecular weight is 343 g/mol. The van der Waals surface area contributed by atoms with Crippen molar-refractivity contribution in [2.45, 2.75) is 19.6 Å². The number of carbonyl (C=O) groups is 1. The van der Waals surface area contributed by atoms with E-state index in [4.69, 9.17) is 4.74 Å². The van der Waals surface area contributed by atoms with Gasteiger partial charge < -0.3 is 4.74 Å². The van der Waals surface area contributed by atoms with Crippen molar-refractivity contribution in [2.24, 2.45) is 5.10 Å². The summed E-state index contributed by atoms with van der Waals surface area (Å²) >= 11 is 0. The van der Waals surface area contributed by atoms with E-state index in [1.54, 1.807) is 6.92 Å². The molecule has 25 heavy (non-hydrogen) atoms. The molecule has 1 amide bonds. The van der Waals surface area contributed by atoms with Crippen LogP contribution in [-0.2, 0) is 15.3 Å². The minimum atomic E-state index is -1.26. The highest BCUT2D eigenvalue weighted by Gasteiger charge is 2.45. The molecule has 1 heterocycles. The van der Waals surface area contributed by atoms with Crippen molar-refractivity contribution in [3.05, 3.63) is 75.6 Å². The van der Waals surface area contributed by atoms with Gasteiger partial charge >= 0.3 is 0 Å². The number of hydrogen-bond donors (Lipinski definition) is 0. The molecule has 0 unspecified atom stereocenters. The van der Waals surface area contributed by atoms with Gasteiger partial charge in [-0.1, -0.05) is 0 Å². The zero-order chi connectivity index (χ0) is 18.2. The Kier molecular flexibility index (Phi) is 3.96. The fourth-order valence-corrected chi connectivity index (χ4v) is 2.59. The van der Waals surface area contributed by atoms with Crippen LogP contribution in [0.15, 0.2) is 53.6 Å². The van der Waals surface area contributed by atoms with E-state index < -0.39 is 16.5 Å². The molecule has 2 aromatic rings. The Morgan fingerprint density at radius 2 is 1.80 bits per heavy atom. The second-order valence-electron chi connectivity index (χ2n) is 5.63. The Morgan fingerprint density at radius 3 is 2.32 bits per heavy atom. The van der Waals surface area contributed by atoms with E-state index in [-0.39, 0.29) is 17.5 Å². The minimum Gasteiger partial charge on any atom is -0.443 e. The number of hydrazone groups is 1. The van der Waals surface area contributed by atoms with Crippen LogP contribution in [0.4, 0.5) is 10.1 Å². The van der Waals surface area contributed by atoms with Crippen molar-refractivity contribution < 1.29 is 18.8 Å². The highest BCUT2D eigenvalue weighted by atomic mass is 19.1. The molecule has 0 bridgehead atoms. The van der Waals surface area contributed by atoms with Gasteiger partial charge in [-0.15, -0.1) is 5.10 Å². The van der Waals surface area contributed by atoms with Crippen LogP contribution in [0.3, 0.4) is 0 Å². The maximum absolute atomic E-state index is 13.1. The predicted octanol–water partition coefficient (Wildman–Crippen LogP) is 3.15. The van der Waals surface area contributed by atoms with Gasteiger partial charge in [-0.3, -0.25) is 14.9 Å². The molecule has 1 aliphatic heterocycles. The number of non-ortho nitro benzene ring substituents is 1. The lowest BCUT2D eigenvalue weighted by Crippen LogP contribution is -2.41. The van der Waals surface area contributed by atoms with Crippen molar-refractivity contribution in [1.82, 2.24) is 5.01 Å². The van der Waals surface area contributed by atoms with Crippen molar-refractivity contribution in [3.8, 4) is 0 Å². The molecule has 0 saturated heterocycles. The molecule has 2 aromatic carbocycles. The lowest BCUT2D eigenvalue weighted by atomic mass is 10.0. The Labute approximate surface area is 142 Å². The molecule has 0 aliphatic carbocycles. The molecular weight excluding hydrogens is 329 g/mol. The lowest BCUT2D eigenvalue weighted by Gasteiger charge is -2.30. The molecule has 128 valence electrons. The van der Waals surface area contributed by atoms with Crippen LogP contribution in [0.5, 0.6) is 0 Å². The van der Waals surface area contributed by atoms with Gasteiger partial charge in [-0.2, -0.15) is 5.01 Å². The first kappa shape index (κ1) is 16.6. The number of hydrogen-bond acceptors (Lipinski definition) is 5. The fourth-order valence-electron chi connectivity index (χ4n) is 2.59. The molecule has 8 heteroatoms. The first-order valence-corrected chi connectivity index (χ1v) is 7.40. The molecule has 0 saturated carbocycles. The largest absolute Gasteiger partial charge is 0.443 e. The third-order valence-corrected chi connectivity index (χ3v) is 3.89.